The fraction of sp³-hybridized carbons (Fsp3) is 0.571. The maximum Gasteiger partial charge on any atom is 0.194 e. The summed E-state index contributed by atoms with van der Waals surface area (Å²) in [6, 6.07) is 1.45. The summed E-state index contributed by atoms with van der Waals surface area (Å²) in [6.45, 7) is 0.611. The van der Waals surface area contributed by atoms with Crippen LogP contribution in [-0.2, 0) is 16.4 Å². The Hall–Kier alpha value is -0.880. The molecule has 0 bridgehead atoms. The smallest absolute Gasteiger partial charge is 0.194 e. The lowest BCUT2D eigenvalue weighted by molar-refractivity contribution is 0.276. The van der Waals surface area contributed by atoms with Gasteiger partial charge in [-0.1, -0.05) is 0 Å². The lowest BCUT2D eigenvalue weighted by atomic mass is 10.5. The first-order valence-corrected chi connectivity index (χ1v) is 5.77. The summed E-state index contributed by atoms with van der Waals surface area (Å²) >= 11 is 0. The maximum atomic E-state index is 11.0. The van der Waals surface area contributed by atoms with E-state index in [0.29, 0.717) is 13.0 Å². The van der Waals surface area contributed by atoms with Crippen LogP contribution in [0.1, 0.15) is 6.42 Å². The molecule has 0 atom stereocenters. The number of aromatic nitrogens is 2. The molecule has 0 aromatic carbocycles. The van der Waals surface area contributed by atoms with E-state index in [2.05, 4.69) is 5.10 Å². The Balaban J connectivity index is 2.76. The minimum absolute atomic E-state index is 0.0745. The highest BCUT2D eigenvalue weighted by Gasteiger charge is 2.09. The van der Waals surface area contributed by atoms with Gasteiger partial charge in [0.2, 0.25) is 0 Å². The quantitative estimate of drug-likeness (QED) is 0.729. The van der Waals surface area contributed by atoms with Crippen molar-refractivity contribution in [3.8, 4) is 0 Å². The molecule has 1 N–H and O–H groups in total. The highest BCUT2D eigenvalue weighted by atomic mass is 32.2. The van der Waals surface area contributed by atoms with Gasteiger partial charge in [0.1, 0.15) is 0 Å². The highest BCUT2D eigenvalue weighted by molar-refractivity contribution is 7.90. The van der Waals surface area contributed by atoms with Gasteiger partial charge in [-0.25, -0.2) is 8.42 Å². The normalized spacial score (nSPS) is 11.8. The van der Waals surface area contributed by atoms with E-state index in [1.165, 1.54) is 10.7 Å². The van der Waals surface area contributed by atoms with E-state index >= 15 is 0 Å². The molecule has 1 rings (SSSR count). The molecule has 0 fully saturated rings. The predicted molar refractivity (Wildman–Crippen MR) is 47.0 cm³/mol. The van der Waals surface area contributed by atoms with Crippen molar-refractivity contribution in [3.05, 3.63) is 12.3 Å². The van der Waals surface area contributed by atoms with Gasteiger partial charge < -0.3 is 5.11 Å². The van der Waals surface area contributed by atoms with Crippen LogP contribution in [0.15, 0.2) is 17.3 Å². The maximum absolute atomic E-state index is 11.0. The zero-order valence-electron chi connectivity index (χ0n) is 7.34. The monoisotopic (exact) mass is 204 g/mol. The molecular weight excluding hydrogens is 192 g/mol. The minimum atomic E-state index is -3.20. The third-order valence-corrected chi connectivity index (χ3v) is 2.52. The van der Waals surface area contributed by atoms with Gasteiger partial charge in [0.25, 0.3) is 0 Å². The van der Waals surface area contributed by atoms with E-state index in [1.54, 1.807) is 6.20 Å². The fourth-order valence-corrected chi connectivity index (χ4v) is 1.46. The van der Waals surface area contributed by atoms with E-state index in [9.17, 15) is 8.42 Å². The van der Waals surface area contributed by atoms with Crippen molar-refractivity contribution in [3.63, 3.8) is 0 Å². The van der Waals surface area contributed by atoms with Gasteiger partial charge in [-0.3, -0.25) is 4.68 Å². The number of aryl methyl sites for hydroxylation is 1. The Kier molecular flexibility index (Phi) is 3.05. The molecule has 6 heteroatoms. The van der Waals surface area contributed by atoms with Crippen LogP contribution in [0.25, 0.3) is 0 Å². The number of hydrogen-bond donors (Lipinski definition) is 1. The summed E-state index contributed by atoms with van der Waals surface area (Å²) in [4.78, 5) is 0. The molecule has 0 saturated carbocycles. The van der Waals surface area contributed by atoms with Gasteiger partial charge in [-0.05, 0) is 12.5 Å². The number of rotatable bonds is 4. The van der Waals surface area contributed by atoms with E-state index in [-0.39, 0.29) is 11.6 Å². The van der Waals surface area contributed by atoms with Gasteiger partial charge in [-0.2, -0.15) is 5.10 Å². The second-order valence-corrected chi connectivity index (χ2v) is 4.73. The summed E-state index contributed by atoms with van der Waals surface area (Å²) in [7, 11) is -3.20. The minimum Gasteiger partial charge on any atom is -0.396 e. The standard InChI is InChI=1S/C7H12N2O3S/c1-13(11,12)7-3-5-9(8-7)4-2-6-10/h3,5,10H,2,4,6H2,1H3. The summed E-state index contributed by atoms with van der Waals surface area (Å²) < 4.78 is 23.5. The molecule has 74 valence electrons. The first-order valence-electron chi connectivity index (χ1n) is 3.88. The molecule has 0 radical (unpaired) electrons. The van der Waals surface area contributed by atoms with E-state index in [0.717, 1.165) is 6.26 Å². The first kappa shape index (κ1) is 10.2. The van der Waals surface area contributed by atoms with Crippen LogP contribution in [0, 0.1) is 0 Å². The van der Waals surface area contributed by atoms with Crippen molar-refractivity contribution in [2.45, 2.75) is 18.0 Å². The van der Waals surface area contributed by atoms with E-state index in [4.69, 9.17) is 5.11 Å². The average molecular weight is 204 g/mol. The lowest BCUT2D eigenvalue weighted by Crippen LogP contribution is -2.03. The molecule has 0 amide bonds. The van der Waals surface area contributed by atoms with Crippen LogP contribution in [0.4, 0.5) is 0 Å². The zero-order valence-corrected chi connectivity index (χ0v) is 8.16. The molecule has 0 aliphatic heterocycles. The molecule has 0 spiro atoms. The van der Waals surface area contributed by atoms with Crippen molar-refractivity contribution in [1.82, 2.24) is 9.78 Å². The van der Waals surface area contributed by atoms with Crippen molar-refractivity contribution in [2.75, 3.05) is 12.9 Å². The number of nitrogens with zero attached hydrogens (tertiary/aromatic N) is 2. The van der Waals surface area contributed by atoms with Gasteiger partial charge in [-0.15, -0.1) is 0 Å². The average Bonchev–Trinajstić information content (AvgIpc) is 2.47. The highest BCUT2D eigenvalue weighted by Crippen LogP contribution is 2.04. The van der Waals surface area contributed by atoms with Crippen LogP contribution < -0.4 is 0 Å². The second-order valence-electron chi connectivity index (χ2n) is 2.77. The molecule has 1 heterocycles. The SMILES string of the molecule is CS(=O)(=O)c1ccn(CCCO)n1. The molecule has 0 unspecified atom stereocenters. The molecule has 0 aliphatic rings. The van der Waals surface area contributed by atoms with Gasteiger partial charge in [0.05, 0.1) is 0 Å². The number of hydrogen-bond acceptors (Lipinski definition) is 4. The van der Waals surface area contributed by atoms with Crippen LogP contribution in [0.5, 0.6) is 0 Å². The molecule has 0 saturated heterocycles. The number of aliphatic hydroxyl groups excluding tert-OH is 1. The van der Waals surface area contributed by atoms with Crippen LogP contribution >= 0.6 is 0 Å². The van der Waals surface area contributed by atoms with E-state index in [1.807, 2.05) is 0 Å². The molecule has 1 aromatic rings. The van der Waals surface area contributed by atoms with Gasteiger partial charge in [0, 0.05) is 25.6 Å². The van der Waals surface area contributed by atoms with Crippen LogP contribution in [0.3, 0.4) is 0 Å². The topological polar surface area (TPSA) is 72.2 Å². The molecule has 5 nitrogen and oxygen atoms in total. The van der Waals surface area contributed by atoms with E-state index < -0.39 is 9.84 Å². The van der Waals surface area contributed by atoms with Crippen LogP contribution in [-0.4, -0.2) is 36.2 Å². The third kappa shape index (κ3) is 2.82. The molecule has 0 aliphatic carbocycles. The Morgan fingerprint density at radius 3 is 2.77 bits per heavy atom. The lowest BCUT2D eigenvalue weighted by Gasteiger charge is -1.97. The summed E-state index contributed by atoms with van der Waals surface area (Å²) in [5.41, 5.74) is 0. The predicted octanol–water partition coefficient (Wildman–Crippen LogP) is -0.331. The van der Waals surface area contributed by atoms with Crippen molar-refractivity contribution >= 4 is 9.84 Å². The van der Waals surface area contributed by atoms with Gasteiger partial charge in [0.15, 0.2) is 14.9 Å². The van der Waals surface area contributed by atoms with Crippen molar-refractivity contribution in [2.24, 2.45) is 0 Å². The number of sulfone groups is 1. The molecule has 1 aromatic heterocycles. The van der Waals surface area contributed by atoms with Gasteiger partial charge >= 0.3 is 0 Å². The Bertz CT molecular complexity index is 369. The second kappa shape index (κ2) is 3.89. The number of aliphatic hydroxyl groups is 1. The third-order valence-electron chi connectivity index (χ3n) is 1.54. The summed E-state index contributed by atoms with van der Waals surface area (Å²) in [5.74, 6) is 0. The zero-order chi connectivity index (χ0) is 9.90. The largest absolute Gasteiger partial charge is 0.396 e. The Morgan fingerprint density at radius 1 is 1.62 bits per heavy atom. The van der Waals surface area contributed by atoms with Crippen molar-refractivity contribution in [1.29, 1.82) is 0 Å². The first-order chi connectivity index (χ1) is 6.04. The van der Waals surface area contributed by atoms with Crippen LogP contribution in [0.2, 0.25) is 0 Å². The Labute approximate surface area is 76.9 Å². The molecule has 13 heavy (non-hydrogen) atoms. The summed E-state index contributed by atoms with van der Waals surface area (Å²) in [5, 5.41) is 12.4. The Morgan fingerprint density at radius 2 is 2.31 bits per heavy atom. The molecular formula is C7H12N2O3S. The fourth-order valence-electron chi connectivity index (χ4n) is 0.898. The summed E-state index contributed by atoms with van der Waals surface area (Å²) in [6.07, 6.45) is 3.28. The van der Waals surface area contributed by atoms with Crippen molar-refractivity contribution < 1.29 is 13.5 Å².